The maximum absolute atomic E-state index is 12.4. The summed E-state index contributed by atoms with van der Waals surface area (Å²) < 4.78 is 0. The minimum atomic E-state index is -1.08. The number of carbonyl (C=O) groups excluding carboxylic acids is 3. The molecule has 7 heteroatoms. The van der Waals surface area contributed by atoms with E-state index >= 15 is 0 Å². The van der Waals surface area contributed by atoms with Crippen molar-refractivity contribution in [1.29, 1.82) is 0 Å². The van der Waals surface area contributed by atoms with Gasteiger partial charge in [-0.1, -0.05) is 24.3 Å². The van der Waals surface area contributed by atoms with Gasteiger partial charge in [0.2, 0.25) is 5.91 Å². The number of nitrogens with zero attached hydrogens (tertiary/aromatic N) is 1. The quantitative estimate of drug-likeness (QED) is 0.666. The normalized spacial score (nSPS) is 18.0. The summed E-state index contributed by atoms with van der Waals surface area (Å²) in [5.41, 5.74) is 4.46. The van der Waals surface area contributed by atoms with Crippen LogP contribution < -0.4 is 15.5 Å². The molecule has 30 heavy (non-hydrogen) atoms. The third-order valence-electron chi connectivity index (χ3n) is 6.21. The van der Waals surface area contributed by atoms with Crippen molar-refractivity contribution >= 4 is 29.1 Å². The Kier molecular flexibility index (Phi) is 4.36. The number of nitrogens with one attached hydrogen (secondary N) is 2. The van der Waals surface area contributed by atoms with Crippen molar-refractivity contribution in [3.05, 3.63) is 58.7 Å². The summed E-state index contributed by atoms with van der Waals surface area (Å²) in [6, 6.07) is 11.4. The Bertz CT molecular complexity index is 1050. The number of fused-ring (bicyclic) bond motifs is 1. The summed E-state index contributed by atoms with van der Waals surface area (Å²) in [5, 5.41) is 16.0. The minimum Gasteiger partial charge on any atom is -0.387 e. The van der Waals surface area contributed by atoms with Crippen molar-refractivity contribution in [2.75, 3.05) is 23.3 Å². The first-order valence-corrected chi connectivity index (χ1v) is 10.3. The lowest BCUT2D eigenvalue weighted by Gasteiger charge is -2.26. The van der Waals surface area contributed by atoms with Gasteiger partial charge in [0.05, 0.1) is 17.7 Å². The second kappa shape index (κ2) is 6.95. The lowest BCUT2D eigenvalue weighted by atomic mass is 9.99. The van der Waals surface area contributed by atoms with E-state index in [9.17, 15) is 19.5 Å². The predicted molar refractivity (Wildman–Crippen MR) is 111 cm³/mol. The molecule has 2 aromatic carbocycles. The van der Waals surface area contributed by atoms with Gasteiger partial charge in [0, 0.05) is 31.6 Å². The Morgan fingerprint density at radius 1 is 1.03 bits per heavy atom. The summed E-state index contributed by atoms with van der Waals surface area (Å²) in [7, 11) is 0. The van der Waals surface area contributed by atoms with Crippen molar-refractivity contribution in [1.82, 2.24) is 5.32 Å². The van der Waals surface area contributed by atoms with E-state index in [1.165, 1.54) is 0 Å². The van der Waals surface area contributed by atoms with Gasteiger partial charge in [-0.2, -0.15) is 0 Å². The zero-order chi connectivity index (χ0) is 20.9. The molecule has 0 aromatic heterocycles. The minimum absolute atomic E-state index is 0.00678. The number of carbonyl (C=O) groups is 3. The van der Waals surface area contributed by atoms with Crippen LogP contribution in [0.15, 0.2) is 36.4 Å². The zero-order valence-electron chi connectivity index (χ0n) is 16.5. The lowest BCUT2D eigenvalue weighted by Crippen LogP contribution is -2.46. The predicted octanol–water partition coefficient (Wildman–Crippen LogP) is 1.11. The molecule has 5 rings (SSSR count). The van der Waals surface area contributed by atoms with Crippen LogP contribution in [0.25, 0.3) is 0 Å². The SMILES string of the molecule is O=C(NCC1(O)Cc2ccccc2C1)C(=O)Nc1cc2c3c(c1)CC(=O)N3CCC2. The fraction of sp³-hybridized carbons (Fsp3) is 0.348. The first-order chi connectivity index (χ1) is 14.4. The molecule has 2 aliphatic heterocycles. The van der Waals surface area contributed by atoms with Gasteiger partial charge >= 0.3 is 11.8 Å². The van der Waals surface area contributed by atoms with Crippen molar-refractivity contribution < 1.29 is 19.5 Å². The Morgan fingerprint density at radius 3 is 2.47 bits per heavy atom. The van der Waals surface area contributed by atoms with E-state index in [1.807, 2.05) is 35.2 Å². The number of hydrogen-bond acceptors (Lipinski definition) is 4. The number of amides is 3. The lowest BCUT2D eigenvalue weighted by molar-refractivity contribution is -0.136. The van der Waals surface area contributed by atoms with Gasteiger partial charge in [0.15, 0.2) is 0 Å². The van der Waals surface area contributed by atoms with Crippen LogP contribution in [0.3, 0.4) is 0 Å². The molecule has 0 atom stereocenters. The van der Waals surface area contributed by atoms with Crippen molar-refractivity contribution in [2.24, 2.45) is 0 Å². The summed E-state index contributed by atoms with van der Waals surface area (Å²) in [6.07, 6.45) is 2.95. The highest BCUT2D eigenvalue weighted by Crippen LogP contribution is 2.38. The van der Waals surface area contributed by atoms with E-state index in [0.29, 0.717) is 24.9 Å². The molecule has 7 nitrogen and oxygen atoms in total. The second-order valence-electron chi connectivity index (χ2n) is 8.45. The van der Waals surface area contributed by atoms with Crippen molar-refractivity contribution in [2.45, 2.75) is 37.7 Å². The van der Waals surface area contributed by atoms with Gasteiger partial charge in [-0.3, -0.25) is 14.4 Å². The maximum Gasteiger partial charge on any atom is 0.313 e. The molecule has 0 saturated carbocycles. The topological polar surface area (TPSA) is 98.7 Å². The number of rotatable bonds is 3. The molecule has 0 fully saturated rings. The van der Waals surface area contributed by atoms with Gasteiger partial charge in [-0.05, 0) is 47.2 Å². The van der Waals surface area contributed by atoms with Gasteiger partial charge in [-0.25, -0.2) is 0 Å². The van der Waals surface area contributed by atoms with Crippen LogP contribution in [0.4, 0.5) is 11.4 Å². The fourth-order valence-corrected chi connectivity index (χ4v) is 4.86. The Morgan fingerprint density at radius 2 is 1.73 bits per heavy atom. The zero-order valence-corrected chi connectivity index (χ0v) is 16.5. The molecule has 0 radical (unpaired) electrons. The van der Waals surface area contributed by atoms with Gasteiger partial charge in [0.1, 0.15) is 0 Å². The summed E-state index contributed by atoms with van der Waals surface area (Å²) in [4.78, 5) is 38.7. The van der Waals surface area contributed by atoms with E-state index in [4.69, 9.17) is 0 Å². The number of aryl methyl sites for hydroxylation is 1. The fourth-order valence-electron chi connectivity index (χ4n) is 4.86. The number of hydrogen-bond donors (Lipinski definition) is 3. The molecule has 0 spiro atoms. The van der Waals surface area contributed by atoms with Gasteiger partial charge < -0.3 is 20.6 Å². The Hall–Kier alpha value is -3.19. The molecule has 3 aliphatic rings. The first kappa shape index (κ1) is 18.8. The molecular weight excluding hydrogens is 382 g/mol. The second-order valence-corrected chi connectivity index (χ2v) is 8.45. The van der Waals surface area contributed by atoms with Crippen LogP contribution in [0.5, 0.6) is 0 Å². The molecule has 3 N–H and O–H groups in total. The van der Waals surface area contributed by atoms with Crippen LogP contribution >= 0.6 is 0 Å². The van der Waals surface area contributed by atoms with Crippen LogP contribution in [-0.4, -0.2) is 41.5 Å². The highest BCUT2D eigenvalue weighted by atomic mass is 16.3. The molecule has 2 aromatic rings. The molecule has 3 amide bonds. The summed E-state index contributed by atoms with van der Waals surface area (Å²) >= 11 is 0. The molecule has 0 saturated heterocycles. The highest BCUT2D eigenvalue weighted by molar-refractivity contribution is 6.39. The van der Waals surface area contributed by atoms with E-state index in [0.717, 1.165) is 47.3 Å². The smallest absolute Gasteiger partial charge is 0.313 e. The number of aliphatic hydroxyl groups is 1. The number of benzene rings is 2. The van der Waals surface area contributed by atoms with Gasteiger partial charge in [0.25, 0.3) is 0 Å². The first-order valence-electron chi connectivity index (χ1n) is 10.3. The van der Waals surface area contributed by atoms with Crippen molar-refractivity contribution in [3.8, 4) is 0 Å². The Labute approximate surface area is 174 Å². The molecule has 0 unspecified atom stereocenters. The Balaban J connectivity index is 1.23. The third kappa shape index (κ3) is 3.25. The summed E-state index contributed by atoms with van der Waals surface area (Å²) in [6.45, 7) is 0.743. The van der Waals surface area contributed by atoms with E-state index in [-0.39, 0.29) is 12.5 Å². The van der Waals surface area contributed by atoms with Crippen LogP contribution in [0.2, 0.25) is 0 Å². The highest BCUT2D eigenvalue weighted by Gasteiger charge is 2.36. The van der Waals surface area contributed by atoms with E-state index < -0.39 is 17.4 Å². The molecule has 154 valence electrons. The molecule has 1 aliphatic carbocycles. The summed E-state index contributed by atoms with van der Waals surface area (Å²) in [5.74, 6) is -1.48. The maximum atomic E-state index is 12.4. The standard InChI is InChI=1S/C23H23N3O4/c27-19-10-17-9-18(8-14-6-3-7-26(19)20(14)17)25-22(29)21(28)24-13-23(30)11-15-4-1-2-5-16(15)12-23/h1-2,4-5,8-9,30H,3,6-7,10-13H2,(H,24,28)(H,25,29). The monoisotopic (exact) mass is 405 g/mol. The largest absolute Gasteiger partial charge is 0.387 e. The van der Waals surface area contributed by atoms with E-state index in [2.05, 4.69) is 10.6 Å². The molecule has 2 heterocycles. The van der Waals surface area contributed by atoms with E-state index in [1.54, 1.807) is 6.07 Å². The van der Waals surface area contributed by atoms with Crippen LogP contribution in [0, 0.1) is 0 Å². The third-order valence-corrected chi connectivity index (χ3v) is 6.21. The average molecular weight is 405 g/mol. The molecule has 0 bridgehead atoms. The van der Waals surface area contributed by atoms with Crippen LogP contribution in [0.1, 0.15) is 28.7 Å². The molecular formula is C23H23N3O4. The van der Waals surface area contributed by atoms with Gasteiger partial charge in [-0.15, -0.1) is 0 Å². The average Bonchev–Trinajstić information content (AvgIpc) is 3.23. The van der Waals surface area contributed by atoms with Crippen LogP contribution in [-0.2, 0) is 40.1 Å². The van der Waals surface area contributed by atoms with Crippen molar-refractivity contribution in [3.63, 3.8) is 0 Å². The number of anilines is 2.